The molecule has 1 aliphatic rings. The van der Waals surface area contributed by atoms with Gasteiger partial charge in [-0.2, -0.15) is 11.3 Å². The van der Waals surface area contributed by atoms with Crippen molar-refractivity contribution >= 4 is 29.0 Å². The van der Waals surface area contributed by atoms with Crippen LogP contribution in [0.1, 0.15) is 19.4 Å². The first kappa shape index (κ1) is 11.7. The van der Waals surface area contributed by atoms with Crippen LogP contribution in [0.3, 0.4) is 0 Å². The van der Waals surface area contributed by atoms with Gasteiger partial charge in [0.25, 0.3) is 5.79 Å². The highest BCUT2D eigenvalue weighted by molar-refractivity contribution is 7.08. The Morgan fingerprint density at radius 2 is 1.88 bits per heavy atom. The van der Waals surface area contributed by atoms with Crippen molar-refractivity contribution in [1.29, 1.82) is 0 Å². The highest BCUT2D eigenvalue weighted by atomic mass is 32.1. The van der Waals surface area contributed by atoms with Gasteiger partial charge in [0, 0.05) is 24.8 Å². The number of hydrogen-bond donors (Lipinski definition) is 1. The van der Waals surface area contributed by atoms with E-state index in [1.165, 1.54) is 25.2 Å². The fraction of sp³-hybridized carbons (Fsp3) is 0.273. The number of carbonyl (C=O) groups is 2. The van der Waals surface area contributed by atoms with Gasteiger partial charge >= 0.3 is 11.9 Å². The highest BCUT2D eigenvalue weighted by Gasteiger charge is 2.40. The van der Waals surface area contributed by atoms with Gasteiger partial charge in [0.05, 0.1) is 5.70 Å². The van der Waals surface area contributed by atoms with E-state index in [0.29, 0.717) is 5.56 Å². The van der Waals surface area contributed by atoms with E-state index in [1.54, 1.807) is 16.8 Å². The summed E-state index contributed by atoms with van der Waals surface area (Å²) in [7, 11) is 0. The van der Waals surface area contributed by atoms with Crippen LogP contribution in [0.15, 0.2) is 22.4 Å². The molecule has 2 N–H and O–H groups in total. The summed E-state index contributed by atoms with van der Waals surface area (Å²) in [6.45, 7) is 2.97. The summed E-state index contributed by atoms with van der Waals surface area (Å²) in [6, 6.07) is 1.72. The maximum Gasteiger partial charge on any atom is 0.351 e. The van der Waals surface area contributed by atoms with Gasteiger partial charge in [-0.1, -0.05) is 0 Å². The zero-order chi connectivity index (χ0) is 12.6. The predicted octanol–water partition coefficient (Wildman–Crippen LogP) is 1.25. The number of carbonyl (C=O) groups excluding carboxylic acids is 2. The van der Waals surface area contributed by atoms with E-state index in [0.717, 1.165) is 0 Å². The summed E-state index contributed by atoms with van der Waals surface area (Å²) in [5, 5.41) is 3.54. The molecule has 0 radical (unpaired) electrons. The minimum atomic E-state index is -1.24. The zero-order valence-corrected chi connectivity index (χ0v) is 10.2. The van der Waals surface area contributed by atoms with Crippen molar-refractivity contribution in [2.45, 2.75) is 19.6 Å². The van der Waals surface area contributed by atoms with Gasteiger partial charge in [-0.05, 0) is 11.4 Å². The summed E-state index contributed by atoms with van der Waals surface area (Å²) in [5.41, 5.74) is 6.21. The molecule has 6 heteroatoms. The zero-order valence-electron chi connectivity index (χ0n) is 9.35. The summed E-state index contributed by atoms with van der Waals surface area (Å²) < 4.78 is 9.92. The average Bonchev–Trinajstić information content (AvgIpc) is 2.66. The third kappa shape index (κ3) is 2.16. The summed E-state index contributed by atoms with van der Waals surface area (Å²) in [4.78, 5) is 23.4. The molecule has 90 valence electrons. The van der Waals surface area contributed by atoms with Crippen molar-refractivity contribution in [2.75, 3.05) is 0 Å². The Balaban J connectivity index is 2.43. The molecule has 1 aliphatic heterocycles. The molecule has 0 aliphatic carbocycles. The van der Waals surface area contributed by atoms with Gasteiger partial charge in [-0.15, -0.1) is 0 Å². The summed E-state index contributed by atoms with van der Waals surface area (Å²) in [5.74, 6) is -2.75. The van der Waals surface area contributed by atoms with E-state index in [1.807, 2.05) is 0 Å². The molecule has 2 heterocycles. The Kier molecular flexibility index (Phi) is 2.66. The maximum absolute atomic E-state index is 11.7. The number of thiophene rings is 1. The van der Waals surface area contributed by atoms with Crippen LogP contribution in [0.25, 0.3) is 5.70 Å². The number of nitrogens with two attached hydrogens (primary N) is 1. The smallest absolute Gasteiger partial charge is 0.351 e. The monoisotopic (exact) mass is 253 g/mol. The van der Waals surface area contributed by atoms with E-state index in [-0.39, 0.29) is 11.3 Å². The molecule has 0 spiro atoms. The predicted molar refractivity (Wildman–Crippen MR) is 61.7 cm³/mol. The molecule has 0 bridgehead atoms. The molecule has 0 unspecified atom stereocenters. The highest BCUT2D eigenvalue weighted by Crippen LogP contribution is 2.26. The lowest BCUT2D eigenvalue weighted by Gasteiger charge is -2.30. The van der Waals surface area contributed by atoms with Crippen LogP contribution in [-0.2, 0) is 19.1 Å². The van der Waals surface area contributed by atoms with Crippen LogP contribution in [0.4, 0.5) is 0 Å². The van der Waals surface area contributed by atoms with E-state index >= 15 is 0 Å². The quantitative estimate of drug-likeness (QED) is 0.463. The molecule has 1 saturated heterocycles. The molecule has 1 aromatic rings. The van der Waals surface area contributed by atoms with Crippen LogP contribution in [0.2, 0.25) is 0 Å². The third-order valence-electron chi connectivity index (χ3n) is 2.19. The van der Waals surface area contributed by atoms with Gasteiger partial charge in [0.15, 0.2) is 5.57 Å². The molecule has 0 amide bonds. The SMILES string of the molecule is CC1(C)OC(=O)C(=C(N)c2ccsc2)C(=O)O1. The van der Waals surface area contributed by atoms with Gasteiger partial charge in [0.1, 0.15) is 0 Å². The first-order chi connectivity index (χ1) is 7.91. The van der Waals surface area contributed by atoms with Gasteiger partial charge < -0.3 is 15.2 Å². The number of rotatable bonds is 1. The number of cyclic esters (lactones) is 2. The van der Waals surface area contributed by atoms with Crippen LogP contribution < -0.4 is 5.73 Å². The standard InChI is InChI=1S/C11H11NO4S/c1-11(2)15-9(13)7(10(14)16-11)8(12)6-3-4-17-5-6/h3-5H,12H2,1-2H3. The molecule has 2 rings (SSSR count). The molecule has 5 nitrogen and oxygen atoms in total. The first-order valence-corrected chi connectivity index (χ1v) is 5.84. The largest absolute Gasteiger partial charge is 0.419 e. The van der Waals surface area contributed by atoms with E-state index in [4.69, 9.17) is 15.2 Å². The maximum atomic E-state index is 11.7. The molecular formula is C11H11NO4S. The Hall–Kier alpha value is -1.82. The molecule has 1 aromatic heterocycles. The Morgan fingerprint density at radius 3 is 2.35 bits per heavy atom. The van der Waals surface area contributed by atoms with Crippen molar-refractivity contribution in [2.24, 2.45) is 5.73 Å². The van der Waals surface area contributed by atoms with E-state index < -0.39 is 17.7 Å². The topological polar surface area (TPSA) is 78.6 Å². The van der Waals surface area contributed by atoms with Crippen LogP contribution >= 0.6 is 11.3 Å². The second-order valence-corrected chi connectivity index (χ2v) is 4.76. The van der Waals surface area contributed by atoms with Crippen molar-refractivity contribution in [3.8, 4) is 0 Å². The number of hydrogen-bond acceptors (Lipinski definition) is 6. The second kappa shape index (κ2) is 3.89. The van der Waals surface area contributed by atoms with Crippen molar-refractivity contribution in [1.82, 2.24) is 0 Å². The van der Waals surface area contributed by atoms with Gasteiger partial charge in [-0.25, -0.2) is 9.59 Å². The Labute approximate surface area is 102 Å². The fourth-order valence-electron chi connectivity index (χ4n) is 1.43. The van der Waals surface area contributed by atoms with Crippen molar-refractivity contribution < 1.29 is 19.1 Å². The molecule has 17 heavy (non-hydrogen) atoms. The average molecular weight is 253 g/mol. The minimum absolute atomic E-state index is 0.0803. The van der Waals surface area contributed by atoms with Gasteiger partial charge in [0.2, 0.25) is 0 Å². The summed E-state index contributed by atoms with van der Waals surface area (Å²) in [6.07, 6.45) is 0. The molecule has 0 saturated carbocycles. The van der Waals surface area contributed by atoms with Crippen molar-refractivity contribution in [3.05, 3.63) is 28.0 Å². The normalized spacial score (nSPS) is 18.6. The third-order valence-corrected chi connectivity index (χ3v) is 2.87. The second-order valence-electron chi connectivity index (χ2n) is 3.98. The molecule has 0 aromatic carbocycles. The van der Waals surface area contributed by atoms with Crippen LogP contribution in [0, 0.1) is 0 Å². The lowest BCUT2D eigenvalue weighted by molar-refractivity contribution is -0.222. The summed E-state index contributed by atoms with van der Waals surface area (Å²) >= 11 is 1.42. The van der Waals surface area contributed by atoms with E-state index in [2.05, 4.69) is 0 Å². The fourth-order valence-corrected chi connectivity index (χ4v) is 2.09. The lowest BCUT2D eigenvalue weighted by atomic mass is 10.1. The minimum Gasteiger partial charge on any atom is -0.419 e. The van der Waals surface area contributed by atoms with Gasteiger partial charge in [-0.3, -0.25) is 0 Å². The number of esters is 2. The van der Waals surface area contributed by atoms with E-state index in [9.17, 15) is 9.59 Å². The molecule has 1 fully saturated rings. The van der Waals surface area contributed by atoms with Crippen LogP contribution in [-0.4, -0.2) is 17.7 Å². The Bertz CT molecular complexity index is 480. The first-order valence-electron chi connectivity index (χ1n) is 4.90. The van der Waals surface area contributed by atoms with Crippen LogP contribution in [0.5, 0.6) is 0 Å². The van der Waals surface area contributed by atoms with Crippen molar-refractivity contribution in [3.63, 3.8) is 0 Å². The Morgan fingerprint density at radius 1 is 1.29 bits per heavy atom. The molecule has 0 atom stereocenters. The lowest BCUT2D eigenvalue weighted by Crippen LogP contribution is -2.42. The molecular weight excluding hydrogens is 242 g/mol. The number of ether oxygens (including phenoxy) is 2.